The van der Waals surface area contributed by atoms with Gasteiger partial charge in [-0.2, -0.15) is 13.2 Å². The van der Waals surface area contributed by atoms with E-state index < -0.39 is 12.7 Å². The van der Waals surface area contributed by atoms with Crippen LogP contribution in [-0.2, 0) is 0 Å². The van der Waals surface area contributed by atoms with E-state index in [2.05, 4.69) is 15.6 Å². The van der Waals surface area contributed by atoms with E-state index in [1.165, 1.54) is 4.90 Å². The Morgan fingerprint density at radius 1 is 1.33 bits per heavy atom. The number of hydrogen-bond donors (Lipinski definition) is 2. The van der Waals surface area contributed by atoms with Crippen LogP contribution in [0.1, 0.15) is 12.8 Å². The van der Waals surface area contributed by atoms with Crippen LogP contribution in [0, 0.1) is 0 Å². The highest BCUT2D eigenvalue weighted by Crippen LogP contribution is 2.20. The van der Waals surface area contributed by atoms with Gasteiger partial charge in [0, 0.05) is 38.8 Å². The van der Waals surface area contributed by atoms with Crippen LogP contribution in [0.2, 0.25) is 0 Å². The molecule has 0 spiro atoms. The highest BCUT2D eigenvalue weighted by atomic mass is 19.4. The van der Waals surface area contributed by atoms with Crippen LogP contribution < -0.4 is 20.1 Å². The molecule has 152 valence electrons. The minimum atomic E-state index is -4.16. The summed E-state index contributed by atoms with van der Waals surface area (Å²) in [5.41, 5.74) is 0. The summed E-state index contributed by atoms with van der Waals surface area (Å²) in [6, 6.07) is 7.36. The van der Waals surface area contributed by atoms with Gasteiger partial charge in [-0.25, -0.2) is 0 Å². The molecule has 0 aromatic heterocycles. The zero-order chi connectivity index (χ0) is 19.7. The Labute approximate surface area is 157 Å². The lowest BCUT2D eigenvalue weighted by Gasteiger charge is -2.19. The molecule has 1 aromatic carbocycles. The number of hydrogen-bond acceptors (Lipinski definition) is 4. The molecule has 2 N–H and O–H groups in total. The zero-order valence-corrected chi connectivity index (χ0v) is 15.7. The second kappa shape index (κ2) is 10.2. The number of nitrogens with zero attached hydrogens (tertiary/aromatic N) is 2. The smallest absolute Gasteiger partial charge is 0.401 e. The molecular weight excluding hydrogens is 361 g/mol. The number of aliphatic imine (C=N–C) groups is 1. The van der Waals surface area contributed by atoms with Crippen molar-refractivity contribution in [3.8, 4) is 11.5 Å². The monoisotopic (exact) mass is 388 g/mol. The van der Waals surface area contributed by atoms with Crippen molar-refractivity contribution in [1.29, 1.82) is 0 Å². The molecule has 0 radical (unpaired) electrons. The van der Waals surface area contributed by atoms with Crippen molar-refractivity contribution in [3.63, 3.8) is 0 Å². The number of methoxy groups -OCH3 is 1. The van der Waals surface area contributed by atoms with Crippen LogP contribution in [-0.4, -0.2) is 70.0 Å². The quantitative estimate of drug-likeness (QED) is 0.407. The molecule has 0 saturated carbocycles. The van der Waals surface area contributed by atoms with Gasteiger partial charge in [-0.05, 0) is 25.0 Å². The topological polar surface area (TPSA) is 58.1 Å². The maximum absolute atomic E-state index is 12.5. The van der Waals surface area contributed by atoms with Crippen LogP contribution in [0.5, 0.6) is 11.5 Å². The predicted octanol–water partition coefficient (Wildman–Crippen LogP) is 2.27. The number of likely N-dealkylation sites (tertiary alicyclic amines) is 1. The Hall–Kier alpha value is -2.16. The van der Waals surface area contributed by atoms with Gasteiger partial charge < -0.3 is 20.1 Å². The molecule has 27 heavy (non-hydrogen) atoms. The van der Waals surface area contributed by atoms with Gasteiger partial charge in [0.2, 0.25) is 0 Å². The summed E-state index contributed by atoms with van der Waals surface area (Å²) >= 11 is 0. The van der Waals surface area contributed by atoms with Gasteiger partial charge in [-0.1, -0.05) is 6.07 Å². The van der Waals surface area contributed by atoms with Crippen LogP contribution >= 0.6 is 0 Å². The van der Waals surface area contributed by atoms with E-state index in [-0.39, 0.29) is 6.04 Å². The van der Waals surface area contributed by atoms with Crippen molar-refractivity contribution in [3.05, 3.63) is 24.3 Å². The van der Waals surface area contributed by atoms with Crippen LogP contribution in [0.3, 0.4) is 0 Å². The van der Waals surface area contributed by atoms with Crippen LogP contribution in [0.4, 0.5) is 13.2 Å². The maximum Gasteiger partial charge on any atom is 0.401 e. The number of nitrogens with one attached hydrogen (secondary N) is 2. The van der Waals surface area contributed by atoms with E-state index in [1.807, 2.05) is 24.3 Å². The van der Waals surface area contributed by atoms with Gasteiger partial charge in [0.05, 0.1) is 20.3 Å². The van der Waals surface area contributed by atoms with Crippen molar-refractivity contribution in [2.45, 2.75) is 25.1 Å². The van der Waals surface area contributed by atoms with E-state index in [9.17, 15) is 13.2 Å². The summed E-state index contributed by atoms with van der Waals surface area (Å²) in [6.07, 6.45) is -2.74. The van der Waals surface area contributed by atoms with E-state index in [1.54, 1.807) is 14.2 Å². The fourth-order valence-electron chi connectivity index (χ4n) is 2.90. The maximum atomic E-state index is 12.5. The normalized spacial score (nSPS) is 18.4. The van der Waals surface area contributed by atoms with E-state index in [0.29, 0.717) is 38.6 Å². The Morgan fingerprint density at radius 3 is 2.81 bits per heavy atom. The SMILES string of the molecule is CN=C(NCCCOc1cccc(OC)c1)NC1CCN(CC(F)(F)F)C1. The lowest BCUT2D eigenvalue weighted by atomic mass is 10.3. The summed E-state index contributed by atoms with van der Waals surface area (Å²) in [4.78, 5) is 5.54. The van der Waals surface area contributed by atoms with Gasteiger partial charge in [0.1, 0.15) is 11.5 Å². The molecule has 1 heterocycles. The first-order chi connectivity index (χ1) is 12.9. The molecule has 6 nitrogen and oxygen atoms in total. The third-order valence-electron chi connectivity index (χ3n) is 4.16. The molecule has 2 rings (SSSR count). The second-order valence-corrected chi connectivity index (χ2v) is 6.36. The van der Waals surface area contributed by atoms with E-state index in [0.717, 1.165) is 17.9 Å². The second-order valence-electron chi connectivity index (χ2n) is 6.36. The summed E-state index contributed by atoms with van der Waals surface area (Å²) in [5, 5.41) is 6.34. The predicted molar refractivity (Wildman–Crippen MR) is 98.5 cm³/mol. The summed E-state index contributed by atoms with van der Waals surface area (Å²) in [7, 11) is 3.25. The molecule has 0 amide bonds. The van der Waals surface area contributed by atoms with Gasteiger partial charge in [-0.3, -0.25) is 9.89 Å². The number of benzene rings is 1. The number of alkyl halides is 3. The highest BCUT2D eigenvalue weighted by molar-refractivity contribution is 5.79. The van der Waals surface area contributed by atoms with Gasteiger partial charge in [-0.15, -0.1) is 0 Å². The molecule has 1 unspecified atom stereocenters. The third kappa shape index (κ3) is 7.94. The Kier molecular flexibility index (Phi) is 8.02. The fourth-order valence-corrected chi connectivity index (χ4v) is 2.90. The van der Waals surface area contributed by atoms with Gasteiger partial charge >= 0.3 is 6.18 Å². The molecule has 1 fully saturated rings. The molecule has 1 aromatic rings. The lowest BCUT2D eigenvalue weighted by Crippen LogP contribution is -2.45. The van der Waals surface area contributed by atoms with Crippen molar-refractivity contribution >= 4 is 5.96 Å². The fraction of sp³-hybridized carbons (Fsp3) is 0.611. The third-order valence-corrected chi connectivity index (χ3v) is 4.16. The van der Waals surface area contributed by atoms with Crippen molar-refractivity contribution in [1.82, 2.24) is 15.5 Å². The molecule has 1 saturated heterocycles. The average Bonchev–Trinajstić information content (AvgIpc) is 3.05. The van der Waals surface area contributed by atoms with Crippen LogP contribution in [0.15, 0.2) is 29.3 Å². The first-order valence-corrected chi connectivity index (χ1v) is 8.93. The molecule has 9 heteroatoms. The zero-order valence-electron chi connectivity index (χ0n) is 15.7. The van der Waals surface area contributed by atoms with Gasteiger partial charge in [0.25, 0.3) is 0 Å². The molecular formula is C18H27F3N4O2. The Bertz CT molecular complexity index is 611. The van der Waals surface area contributed by atoms with Crippen molar-refractivity contribution in [2.75, 3.05) is 46.9 Å². The Balaban J connectivity index is 1.63. The first kappa shape index (κ1) is 21.1. The molecule has 1 atom stereocenters. The van der Waals surface area contributed by atoms with Gasteiger partial charge in [0.15, 0.2) is 5.96 Å². The number of guanidine groups is 1. The number of rotatable bonds is 8. The highest BCUT2D eigenvalue weighted by Gasteiger charge is 2.34. The van der Waals surface area contributed by atoms with Crippen molar-refractivity contribution < 1.29 is 22.6 Å². The average molecular weight is 388 g/mol. The number of ether oxygens (including phenoxy) is 2. The summed E-state index contributed by atoms with van der Waals surface area (Å²) in [6.45, 7) is 1.10. The Morgan fingerprint density at radius 2 is 2.11 bits per heavy atom. The molecule has 1 aliphatic rings. The number of halogens is 3. The van der Waals surface area contributed by atoms with Crippen LogP contribution in [0.25, 0.3) is 0 Å². The first-order valence-electron chi connectivity index (χ1n) is 8.93. The van der Waals surface area contributed by atoms with Crippen molar-refractivity contribution in [2.24, 2.45) is 4.99 Å². The van der Waals surface area contributed by atoms with E-state index >= 15 is 0 Å². The summed E-state index contributed by atoms with van der Waals surface area (Å²) in [5.74, 6) is 2.08. The lowest BCUT2D eigenvalue weighted by molar-refractivity contribution is -0.143. The minimum Gasteiger partial charge on any atom is -0.497 e. The van der Waals surface area contributed by atoms with E-state index in [4.69, 9.17) is 9.47 Å². The standard InChI is InChI=1S/C18H27F3N4O2/c1-22-17(24-14-7-9-25(12-14)13-18(19,20)21)23-8-4-10-27-16-6-3-5-15(11-16)26-2/h3,5-6,11,14H,4,7-10,12-13H2,1-2H3,(H2,22,23,24). The molecule has 0 aliphatic carbocycles. The molecule has 0 bridgehead atoms. The molecule has 1 aliphatic heterocycles. The summed E-state index contributed by atoms with van der Waals surface area (Å²) < 4.78 is 48.2. The largest absolute Gasteiger partial charge is 0.497 e. The minimum absolute atomic E-state index is 0.0356.